The zero-order valence-electron chi connectivity index (χ0n) is 13.4. The van der Waals surface area contributed by atoms with Gasteiger partial charge in [-0.2, -0.15) is 0 Å². The molecule has 0 atom stereocenters. The minimum atomic E-state index is -0.313. The molecule has 1 heterocycles. The van der Waals surface area contributed by atoms with E-state index in [0.29, 0.717) is 38.4 Å². The van der Waals surface area contributed by atoms with Crippen LogP contribution in [0.2, 0.25) is 0 Å². The summed E-state index contributed by atoms with van der Waals surface area (Å²) in [6.45, 7) is 8.78. The summed E-state index contributed by atoms with van der Waals surface area (Å²) < 4.78 is 18.0. The van der Waals surface area contributed by atoms with Crippen molar-refractivity contribution in [3.05, 3.63) is 34.3 Å². The van der Waals surface area contributed by atoms with Gasteiger partial charge < -0.3 is 19.2 Å². The van der Waals surface area contributed by atoms with Gasteiger partial charge in [-0.3, -0.25) is 4.57 Å². The molecule has 0 spiro atoms. The van der Waals surface area contributed by atoms with Crippen molar-refractivity contribution in [2.45, 2.75) is 40.2 Å². The number of benzene rings is 1. The Morgan fingerprint density at radius 1 is 1.23 bits per heavy atom. The fourth-order valence-corrected chi connectivity index (χ4v) is 2.44. The highest BCUT2D eigenvalue weighted by Gasteiger charge is 2.12. The molecule has 0 aliphatic heterocycles. The Bertz CT molecular complexity index is 641. The Hall–Kier alpha value is -1.63. The molecule has 22 heavy (non-hydrogen) atoms. The van der Waals surface area contributed by atoms with E-state index in [4.69, 9.17) is 13.9 Å². The molecule has 1 aromatic heterocycles. The van der Waals surface area contributed by atoms with E-state index in [1.54, 1.807) is 4.57 Å². The summed E-state index contributed by atoms with van der Waals surface area (Å²) in [7, 11) is 0. The van der Waals surface area contributed by atoms with E-state index in [0.717, 1.165) is 11.1 Å². The summed E-state index contributed by atoms with van der Waals surface area (Å²) >= 11 is 0. The van der Waals surface area contributed by atoms with Crippen LogP contribution in [0, 0.1) is 0 Å². The van der Waals surface area contributed by atoms with Crippen LogP contribution < -0.4 is 11.1 Å². The topological polar surface area (TPSA) is 65.6 Å². The van der Waals surface area contributed by atoms with Gasteiger partial charge in [0.15, 0.2) is 11.9 Å². The Morgan fingerprint density at radius 3 is 2.59 bits per heavy atom. The minimum Gasteiger partial charge on any atom is -0.407 e. The highest BCUT2D eigenvalue weighted by molar-refractivity contribution is 5.76. The molecule has 0 aliphatic carbocycles. The van der Waals surface area contributed by atoms with Gasteiger partial charge in [-0.25, -0.2) is 4.79 Å². The Morgan fingerprint density at radius 2 is 1.95 bits per heavy atom. The zero-order valence-corrected chi connectivity index (χ0v) is 13.4. The summed E-state index contributed by atoms with van der Waals surface area (Å²) in [5.41, 5.74) is 2.43. The van der Waals surface area contributed by atoms with Gasteiger partial charge in [0.1, 0.15) is 0 Å². The molecular formula is C16H24N2O4. The largest absolute Gasteiger partial charge is 0.419 e. The van der Waals surface area contributed by atoms with Gasteiger partial charge in [-0.05, 0) is 26.8 Å². The second-order valence-corrected chi connectivity index (χ2v) is 4.85. The molecule has 0 saturated carbocycles. The molecular weight excluding hydrogens is 284 g/mol. The van der Waals surface area contributed by atoms with Crippen LogP contribution in [0.25, 0.3) is 11.1 Å². The average molecular weight is 308 g/mol. The SMILES string of the molecule is CCOC(CNCc1cccc2c1oc(=O)n2CC)OCC. The van der Waals surface area contributed by atoms with Crippen molar-refractivity contribution in [1.29, 1.82) is 0 Å². The lowest BCUT2D eigenvalue weighted by Gasteiger charge is -2.17. The third-order valence-corrected chi connectivity index (χ3v) is 3.42. The van der Waals surface area contributed by atoms with Crippen molar-refractivity contribution in [3.63, 3.8) is 0 Å². The highest BCUT2D eigenvalue weighted by Crippen LogP contribution is 2.17. The molecule has 0 amide bonds. The fraction of sp³-hybridized carbons (Fsp3) is 0.562. The molecule has 2 aromatic rings. The number of aromatic nitrogens is 1. The Labute approximate surface area is 130 Å². The summed E-state index contributed by atoms with van der Waals surface area (Å²) in [5, 5.41) is 3.29. The molecule has 6 nitrogen and oxygen atoms in total. The van der Waals surface area contributed by atoms with Crippen LogP contribution in [-0.4, -0.2) is 30.6 Å². The van der Waals surface area contributed by atoms with Crippen LogP contribution in [0.1, 0.15) is 26.3 Å². The van der Waals surface area contributed by atoms with Gasteiger partial charge in [0, 0.05) is 38.4 Å². The second kappa shape index (κ2) is 8.12. The molecule has 0 fully saturated rings. The quantitative estimate of drug-likeness (QED) is 0.719. The van der Waals surface area contributed by atoms with E-state index in [9.17, 15) is 4.79 Å². The van der Waals surface area contributed by atoms with Gasteiger partial charge in [0.25, 0.3) is 0 Å². The molecule has 0 bridgehead atoms. The van der Waals surface area contributed by atoms with Gasteiger partial charge in [-0.1, -0.05) is 12.1 Å². The lowest BCUT2D eigenvalue weighted by atomic mass is 10.2. The molecule has 0 unspecified atom stereocenters. The van der Waals surface area contributed by atoms with E-state index in [2.05, 4.69) is 5.32 Å². The predicted molar refractivity (Wildman–Crippen MR) is 84.9 cm³/mol. The van der Waals surface area contributed by atoms with Crippen molar-refractivity contribution < 1.29 is 13.9 Å². The van der Waals surface area contributed by atoms with Crippen molar-refractivity contribution >= 4 is 11.1 Å². The van der Waals surface area contributed by atoms with Crippen LogP contribution in [0.3, 0.4) is 0 Å². The number of para-hydroxylation sites is 1. The fourth-order valence-electron chi connectivity index (χ4n) is 2.44. The van der Waals surface area contributed by atoms with Gasteiger partial charge in [-0.15, -0.1) is 0 Å². The molecule has 6 heteroatoms. The maximum Gasteiger partial charge on any atom is 0.419 e. The summed E-state index contributed by atoms with van der Waals surface area (Å²) in [6.07, 6.45) is -0.263. The lowest BCUT2D eigenvalue weighted by Crippen LogP contribution is -2.31. The molecule has 0 aliphatic rings. The first-order valence-electron chi connectivity index (χ1n) is 7.76. The number of hydrogen-bond donors (Lipinski definition) is 1. The smallest absolute Gasteiger partial charge is 0.407 e. The molecule has 0 saturated heterocycles. The van der Waals surface area contributed by atoms with Crippen LogP contribution in [0.4, 0.5) is 0 Å². The van der Waals surface area contributed by atoms with Gasteiger partial charge >= 0.3 is 5.76 Å². The first-order valence-corrected chi connectivity index (χ1v) is 7.76. The summed E-state index contributed by atoms with van der Waals surface area (Å²) in [5.74, 6) is -0.313. The third-order valence-electron chi connectivity index (χ3n) is 3.42. The lowest BCUT2D eigenvalue weighted by molar-refractivity contribution is -0.133. The standard InChI is InChI=1S/C16H24N2O4/c1-4-18-13-9-7-8-12(15(13)22-16(18)19)10-17-11-14(20-5-2)21-6-3/h7-9,14,17H,4-6,10-11H2,1-3H3. The number of rotatable bonds is 9. The van der Waals surface area contributed by atoms with Crippen LogP contribution >= 0.6 is 0 Å². The van der Waals surface area contributed by atoms with E-state index in [1.807, 2.05) is 39.0 Å². The summed E-state index contributed by atoms with van der Waals surface area (Å²) in [6, 6.07) is 5.79. The molecule has 122 valence electrons. The zero-order chi connectivity index (χ0) is 15.9. The number of fused-ring (bicyclic) bond motifs is 1. The maximum atomic E-state index is 11.8. The van der Waals surface area contributed by atoms with E-state index in [-0.39, 0.29) is 12.0 Å². The maximum absolute atomic E-state index is 11.8. The molecule has 1 aromatic carbocycles. The van der Waals surface area contributed by atoms with E-state index >= 15 is 0 Å². The Kier molecular flexibility index (Phi) is 6.18. The van der Waals surface area contributed by atoms with Crippen molar-refractivity contribution in [2.24, 2.45) is 0 Å². The third kappa shape index (κ3) is 3.76. The van der Waals surface area contributed by atoms with Gasteiger partial charge in [0.05, 0.1) is 5.52 Å². The van der Waals surface area contributed by atoms with Crippen LogP contribution in [0.5, 0.6) is 0 Å². The molecule has 1 N–H and O–H groups in total. The van der Waals surface area contributed by atoms with Crippen molar-refractivity contribution in [3.8, 4) is 0 Å². The Balaban J connectivity index is 2.07. The number of ether oxygens (including phenoxy) is 2. The predicted octanol–water partition coefficient (Wildman–Crippen LogP) is 2.10. The number of hydrogen-bond acceptors (Lipinski definition) is 5. The average Bonchev–Trinajstić information content (AvgIpc) is 2.83. The molecule has 0 radical (unpaired) electrons. The van der Waals surface area contributed by atoms with Crippen molar-refractivity contribution in [1.82, 2.24) is 9.88 Å². The number of nitrogens with zero attached hydrogens (tertiary/aromatic N) is 1. The number of aryl methyl sites for hydroxylation is 1. The molecule has 2 rings (SSSR count). The van der Waals surface area contributed by atoms with Crippen LogP contribution in [-0.2, 0) is 22.6 Å². The second-order valence-electron chi connectivity index (χ2n) is 4.85. The number of oxazole rings is 1. The number of nitrogens with one attached hydrogen (secondary N) is 1. The first kappa shape index (κ1) is 16.7. The first-order chi connectivity index (χ1) is 10.7. The van der Waals surface area contributed by atoms with E-state index < -0.39 is 0 Å². The monoisotopic (exact) mass is 308 g/mol. The van der Waals surface area contributed by atoms with Gasteiger partial charge in [0.2, 0.25) is 0 Å². The highest BCUT2D eigenvalue weighted by atomic mass is 16.7. The van der Waals surface area contributed by atoms with Crippen LogP contribution in [0.15, 0.2) is 27.4 Å². The minimum absolute atomic E-state index is 0.263. The summed E-state index contributed by atoms with van der Waals surface area (Å²) in [4.78, 5) is 11.8. The van der Waals surface area contributed by atoms with Crippen molar-refractivity contribution in [2.75, 3.05) is 19.8 Å². The van der Waals surface area contributed by atoms with E-state index in [1.165, 1.54) is 0 Å². The normalized spacial score (nSPS) is 11.6.